The van der Waals surface area contributed by atoms with Crippen LogP contribution in [-0.2, 0) is 4.74 Å². The SMILES string of the molecule is COc1cc(C(=O)N(CCCN2CCOCC2)c2nc3ccc(F)cc3s2)cc(OC)c1OC.Cl. The lowest BCUT2D eigenvalue weighted by Gasteiger charge is -2.28. The number of nitrogens with zero attached hydrogens (tertiary/aromatic N) is 3. The summed E-state index contributed by atoms with van der Waals surface area (Å²) in [5.74, 6) is 0.615. The van der Waals surface area contributed by atoms with Gasteiger partial charge in [0.25, 0.3) is 5.91 Å². The van der Waals surface area contributed by atoms with Crippen LogP contribution in [0.25, 0.3) is 10.2 Å². The van der Waals surface area contributed by atoms with E-state index in [0.717, 1.165) is 39.3 Å². The molecule has 1 fully saturated rings. The third kappa shape index (κ3) is 6.13. The number of halogens is 2. The molecule has 2 aromatic carbocycles. The van der Waals surface area contributed by atoms with Crippen LogP contribution >= 0.6 is 23.7 Å². The molecule has 0 N–H and O–H groups in total. The predicted octanol–water partition coefficient (Wildman–Crippen LogP) is 4.25. The van der Waals surface area contributed by atoms with Gasteiger partial charge in [-0.15, -0.1) is 12.4 Å². The summed E-state index contributed by atoms with van der Waals surface area (Å²) in [6.07, 6.45) is 0.750. The number of ether oxygens (including phenoxy) is 4. The molecule has 4 rings (SSSR count). The van der Waals surface area contributed by atoms with E-state index >= 15 is 0 Å². The van der Waals surface area contributed by atoms with Crippen LogP contribution in [-0.4, -0.2) is 76.5 Å². The Morgan fingerprint density at radius 3 is 2.43 bits per heavy atom. The van der Waals surface area contributed by atoms with E-state index in [9.17, 15) is 9.18 Å². The molecule has 1 amide bonds. The van der Waals surface area contributed by atoms with E-state index < -0.39 is 0 Å². The van der Waals surface area contributed by atoms with Gasteiger partial charge in [-0.05, 0) is 36.8 Å². The molecular formula is C24H29ClFN3O5S. The van der Waals surface area contributed by atoms with Gasteiger partial charge in [0, 0.05) is 31.7 Å². The fourth-order valence-corrected chi connectivity index (χ4v) is 4.94. The molecule has 190 valence electrons. The number of thiazole rings is 1. The molecule has 0 atom stereocenters. The molecule has 0 radical (unpaired) electrons. The quantitative estimate of drug-likeness (QED) is 0.413. The summed E-state index contributed by atoms with van der Waals surface area (Å²) in [5, 5.41) is 0.515. The van der Waals surface area contributed by atoms with Crippen molar-refractivity contribution in [3.05, 3.63) is 41.7 Å². The number of hydrogen-bond acceptors (Lipinski definition) is 8. The molecule has 0 unspecified atom stereocenters. The molecule has 1 aliphatic heterocycles. The number of carbonyl (C=O) groups is 1. The number of aromatic nitrogens is 1. The second-order valence-electron chi connectivity index (χ2n) is 7.79. The Hall–Kier alpha value is -2.66. The molecule has 0 saturated carbocycles. The predicted molar refractivity (Wildman–Crippen MR) is 136 cm³/mol. The third-order valence-corrected chi connectivity index (χ3v) is 6.73. The molecule has 1 aromatic heterocycles. The third-order valence-electron chi connectivity index (χ3n) is 5.69. The average Bonchev–Trinajstić information content (AvgIpc) is 3.28. The molecule has 8 nitrogen and oxygen atoms in total. The van der Waals surface area contributed by atoms with E-state index in [1.54, 1.807) is 23.1 Å². The fraction of sp³-hybridized carbons (Fsp3) is 0.417. The highest BCUT2D eigenvalue weighted by Gasteiger charge is 2.25. The maximum Gasteiger partial charge on any atom is 0.260 e. The van der Waals surface area contributed by atoms with Gasteiger partial charge in [-0.3, -0.25) is 14.6 Å². The van der Waals surface area contributed by atoms with Gasteiger partial charge in [0.2, 0.25) is 5.75 Å². The van der Waals surface area contributed by atoms with E-state index in [4.69, 9.17) is 18.9 Å². The largest absolute Gasteiger partial charge is 0.493 e. The first kappa shape index (κ1) is 26.9. The number of methoxy groups -OCH3 is 3. The molecule has 1 aliphatic rings. The summed E-state index contributed by atoms with van der Waals surface area (Å²) in [6, 6.07) is 7.69. The number of anilines is 1. The summed E-state index contributed by atoms with van der Waals surface area (Å²) >= 11 is 1.29. The fourth-order valence-electron chi connectivity index (χ4n) is 3.92. The second-order valence-corrected chi connectivity index (χ2v) is 8.80. The highest BCUT2D eigenvalue weighted by Crippen LogP contribution is 2.39. The van der Waals surface area contributed by atoms with E-state index in [1.165, 1.54) is 44.8 Å². The molecule has 2 heterocycles. The first-order valence-electron chi connectivity index (χ1n) is 11.0. The van der Waals surface area contributed by atoms with Gasteiger partial charge in [0.15, 0.2) is 16.6 Å². The van der Waals surface area contributed by atoms with E-state index in [1.807, 2.05) is 0 Å². The number of fused-ring (bicyclic) bond motifs is 1. The average molecular weight is 526 g/mol. The van der Waals surface area contributed by atoms with Gasteiger partial charge in [-0.2, -0.15) is 0 Å². The van der Waals surface area contributed by atoms with Gasteiger partial charge in [-0.1, -0.05) is 11.3 Å². The molecule has 0 spiro atoms. The molecule has 11 heteroatoms. The van der Waals surface area contributed by atoms with E-state index in [0.29, 0.717) is 44.7 Å². The Morgan fingerprint density at radius 2 is 1.80 bits per heavy atom. The zero-order valence-corrected chi connectivity index (χ0v) is 21.5. The van der Waals surface area contributed by atoms with Crippen molar-refractivity contribution in [3.63, 3.8) is 0 Å². The standard InChI is InChI=1S/C24H28FN3O5S.ClH/c1-30-19-13-16(14-20(31-2)22(19)32-3)23(29)28(8-4-7-27-9-11-33-12-10-27)24-26-18-6-5-17(25)15-21(18)34-24;/h5-6,13-15H,4,7-12H2,1-3H3;1H. The van der Waals surface area contributed by atoms with Crippen molar-refractivity contribution in [1.82, 2.24) is 9.88 Å². The van der Waals surface area contributed by atoms with Crippen LogP contribution in [0.1, 0.15) is 16.8 Å². The Morgan fingerprint density at radius 1 is 1.11 bits per heavy atom. The number of rotatable bonds is 9. The van der Waals surface area contributed by atoms with Crippen molar-refractivity contribution < 1.29 is 28.1 Å². The topological polar surface area (TPSA) is 73.4 Å². The van der Waals surface area contributed by atoms with Crippen molar-refractivity contribution in [1.29, 1.82) is 0 Å². The van der Waals surface area contributed by atoms with Crippen LogP contribution in [0.4, 0.5) is 9.52 Å². The molecule has 35 heavy (non-hydrogen) atoms. The molecule has 3 aromatic rings. The van der Waals surface area contributed by atoms with Crippen LogP contribution in [0.5, 0.6) is 17.2 Å². The van der Waals surface area contributed by atoms with Crippen molar-refractivity contribution >= 4 is 45.0 Å². The van der Waals surface area contributed by atoms with Crippen LogP contribution < -0.4 is 19.1 Å². The van der Waals surface area contributed by atoms with Crippen LogP contribution in [0.15, 0.2) is 30.3 Å². The summed E-state index contributed by atoms with van der Waals surface area (Å²) < 4.78 is 36.1. The zero-order chi connectivity index (χ0) is 24.1. The molecular weight excluding hydrogens is 497 g/mol. The maximum absolute atomic E-state index is 13.8. The molecule has 0 aliphatic carbocycles. The van der Waals surface area contributed by atoms with E-state index in [-0.39, 0.29) is 24.1 Å². The Kier molecular flexibility index (Phi) is 9.50. The number of hydrogen-bond donors (Lipinski definition) is 0. The summed E-state index contributed by atoms with van der Waals surface area (Å²) in [4.78, 5) is 22.3. The van der Waals surface area contributed by atoms with Gasteiger partial charge in [0.1, 0.15) is 5.82 Å². The minimum absolute atomic E-state index is 0. The monoisotopic (exact) mass is 525 g/mol. The van der Waals surface area contributed by atoms with Gasteiger partial charge >= 0.3 is 0 Å². The lowest BCUT2D eigenvalue weighted by molar-refractivity contribution is 0.0376. The highest BCUT2D eigenvalue weighted by atomic mass is 35.5. The summed E-state index contributed by atoms with van der Waals surface area (Å²) in [6.45, 7) is 4.48. The summed E-state index contributed by atoms with van der Waals surface area (Å²) in [7, 11) is 4.53. The van der Waals surface area contributed by atoms with Crippen molar-refractivity contribution in [2.75, 3.05) is 65.6 Å². The molecule has 1 saturated heterocycles. The van der Waals surface area contributed by atoms with Gasteiger partial charge in [-0.25, -0.2) is 9.37 Å². The number of benzene rings is 2. The first-order valence-corrected chi connectivity index (χ1v) is 11.8. The maximum atomic E-state index is 13.8. The highest BCUT2D eigenvalue weighted by molar-refractivity contribution is 7.22. The molecule has 0 bridgehead atoms. The van der Waals surface area contributed by atoms with Crippen molar-refractivity contribution in [2.45, 2.75) is 6.42 Å². The Balaban J connectivity index is 0.00000342. The minimum Gasteiger partial charge on any atom is -0.493 e. The van der Waals surface area contributed by atoms with Gasteiger partial charge in [0.05, 0.1) is 44.8 Å². The normalized spacial score (nSPS) is 13.8. The van der Waals surface area contributed by atoms with E-state index in [2.05, 4.69) is 9.88 Å². The van der Waals surface area contributed by atoms with Crippen LogP contribution in [0, 0.1) is 5.82 Å². The van der Waals surface area contributed by atoms with Crippen LogP contribution in [0.2, 0.25) is 0 Å². The number of carbonyl (C=O) groups excluding carboxylic acids is 1. The zero-order valence-electron chi connectivity index (χ0n) is 19.9. The lowest BCUT2D eigenvalue weighted by Crippen LogP contribution is -2.39. The Labute approximate surface area is 213 Å². The number of morpholine rings is 1. The number of amides is 1. The smallest absolute Gasteiger partial charge is 0.260 e. The van der Waals surface area contributed by atoms with Crippen LogP contribution in [0.3, 0.4) is 0 Å². The summed E-state index contributed by atoms with van der Waals surface area (Å²) in [5.41, 5.74) is 1.03. The minimum atomic E-state index is -0.336. The second kappa shape index (κ2) is 12.3. The Bertz CT molecular complexity index is 1130. The van der Waals surface area contributed by atoms with Crippen molar-refractivity contribution in [3.8, 4) is 17.2 Å². The van der Waals surface area contributed by atoms with Crippen molar-refractivity contribution in [2.24, 2.45) is 0 Å². The lowest BCUT2D eigenvalue weighted by atomic mass is 10.1. The first-order chi connectivity index (χ1) is 16.5. The van der Waals surface area contributed by atoms with Gasteiger partial charge < -0.3 is 18.9 Å².